The minimum atomic E-state index is -2.69. The third kappa shape index (κ3) is 3.72. The Kier molecular flexibility index (Phi) is 3.32. The summed E-state index contributed by atoms with van der Waals surface area (Å²) in [5.74, 6) is 0. The first-order valence-corrected chi connectivity index (χ1v) is 6.73. The maximum absolute atomic E-state index is 11.8. The third-order valence-corrected chi connectivity index (χ3v) is 3.46. The molecule has 0 aliphatic rings. The Morgan fingerprint density at radius 1 is 1.00 bits per heavy atom. The van der Waals surface area contributed by atoms with Crippen molar-refractivity contribution in [2.24, 2.45) is 0 Å². The molecule has 0 rings (SSSR count). The van der Waals surface area contributed by atoms with Crippen LogP contribution in [0.5, 0.6) is 0 Å². The zero-order valence-electron chi connectivity index (χ0n) is 9.20. The monoisotopic (exact) mass is 211 g/mol. The largest absolute Gasteiger partial charge is 0.375 e. The lowest BCUT2D eigenvalue weighted by Gasteiger charge is -2.46. The average molecular weight is 211 g/mol. The van der Waals surface area contributed by atoms with Gasteiger partial charge in [0, 0.05) is 12.5 Å². The van der Waals surface area contributed by atoms with Crippen molar-refractivity contribution in [1.82, 2.24) is 4.31 Å². The standard InChI is InChI=1S/C8H21NO3S/c1-7(2,10)9(8(3,4)11)13(5,6)12/h10-11,13H,1-6H3. The minimum absolute atomic E-state index is 1.23. The molecule has 5 heteroatoms. The molecule has 0 fully saturated rings. The molecule has 0 unspecified atom stereocenters. The van der Waals surface area contributed by atoms with Crippen LogP contribution in [-0.4, -0.2) is 42.7 Å². The fourth-order valence-electron chi connectivity index (χ4n) is 1.85. The number of hydrogen-bond acceptors (Lipinski definition) is 3. The summed E-state index contributed by atoms with van der Waals surface area (Å²) in [7, 11) is -2.69. The van der Waals surface area contributed by atoms with E-state index in [1.165, 1.54) is 44.5 Å². The summed E-state index contributed by atoms with van der Waals surface area (Å²) in [5, 5.41) is 19.5. The van der Waals surface area contributed by atoms with E-state index in [4.69, 9.17) is 0 Å². The van der Waals surface area contributed by atoms with Gasteiger partial charge in [0.25, 0.3) is 0 Å². The van der Waals surface area contributed by atoms with Crippen LogP contribution in [0.3, 0.4) is 0 Å². The van der Waals surface area contributed by atoms with Crippen LogP contribution in [0.2, 0.25) is 0 Å². The van der Waals surface area contributed by atoms with Gasteiger partial charge in [0.2, 0.25) is 0 Å². The highest BCUT2D eigenvalue weighted by Crippen LogP contribution is 2.26. The number of nitrogens with zero attached hydrogens (tertiary/aromatic N) is 1. The highest BCUT2D eigenvalue weighted by atomic mass is 32.3. The second kappa shape index (κ2) is 3.31. The molecule has 0 bridgehead atoms. The van der Waals surface area contributed by atoms with E-state index in [1.54, 1.807) is 0 Å². The molecule has 4 nitrogen and oxygen atoms in total. The van der Waals surface area contributed by atoms with Crippen LogP contribution >= 0.6 is 0 Å². The molecule has 2 N–H and O–H groups in total. The molecular formula is C8H21NO3S. The summed E-state index contributed by atoms with van der Waals surface area (Å²) in [6, 6.07) is 0. The van der Waals surface area contributed by atoms with E-state index in [2.05, 4.69) is 0 Å². The van der Waals surface area contributed by atoms with E-state index in [-0.39, 0.29) is 0 Å². The molecule has 0 aliphatic carbocycles. The first-order chi connectivity index (χ1) is 5.37. The zero-order chi connectivity index (χ0) is 11.1. The van der Waals surface area contributed by atoms with E-state index < -0.39 is 21.6 Å². The van der Waals surface area contributed by atoms with E-state index in [0.717, 1.165) is 0 Å². The van der Waals surface area contributed by atoms with Gasteiger partial charge in [-0.3, -0.25) is 4.21 Å². The SMILES string of the molecule is CC(C)(O)N(C(C)(C)O)[SH](C)(C)=O. The molecule has 0 aliphatic heterocycles. The number of aliphatic hydroxyl groups is 2. The molecule has 0 amide bonds. The number of rotatable bonds is 3. The smallest absolute Gasteiger partial charge is 0.124 e. The Bertz CT molecular complexity index is 207. The van der Waals surface area contributed by atoms with Crippen molar-refractivity contribution in [3.63, 3.8) is 0 Å². The summed E-state index contributed by atoms with van der Waals surface area (Å²) in [4.78, 5) is 0. The molecule has 0 heterocycles. The molecular weight excluding hydrogens is 190 g/mol. The minimum Gasteiger partial charge on any atom is -0.375 e. The van der Waals surface area contributed by atoms with Gasteiger partial charge >= 0.3 is 0 Å². The van der Waals surface area contributed by atoms with Crippen LogP contribution in [0.4, 0.5) is 0 Å². The van der Waals surface area contributed by atoms with Gasteiger partial charge in [-0.05, 0) is 27.7 Å². The number of hydrogen-bond donors (Lipinski definition) is 3. The molecule has 0 saturated carbocycles. The fraction of sp³-hybridized carbons (Fsp3) is 1.00. The van der Waals surface area contributed by atoms with Crippen LogP contribution in [0.15, 0.2) is 0 Å². The maximum atomic E-state index is 11.8. The molecule has 0 aromatic heterocycles. The predicted octanol–water partition coefficient (Wildman–Crippen LogP) is -0.0635. The maximum Gasteiger partial charge on any atom is 0.124 e. The van der Waals surface area contributed by atoms with Gasteiger partial charge in [-0.25, -0.2) is 0 Å². The lowest BCUT2D eigenvalue weighted by atomic mass is 10.2. The predicted molar refractivity (Wildman–Crippen MR) is 55.8 cm³/mol. The summed E-state index contributed by atoms with van der Waals surface area (Å²) in [6.07, 6.45) is 3.03. The lowest BCUT2D eigenvalue weighted by Crippen LogP contribution is -2.59. The summed E-state index contributed by atoms with van der Waals surface area (Å²) >= 11 is 0. The van der Waals surface area contributed by atoms with E-state index in [1.807, 2.05) is 0 Å². The Morgan fingerprint density at radius 3 is 1.23 bits per heavy atom. The molecule has 0 atom stereocenters. The topological polar surface area (TPSA) is 60.8 Å². The zero-order valence-corrected chi connectivity index (χ0v) is 10.1. The molecule has 0 aromatic rings. The lowest BCUT2D eigenvalue weighted by molar-refractivity contribution is -0.145. The van der Waals surface area contributed by atoms with E-state index in [9.17, 15) is 14.4 Å². The Hall–Kier alpha value is 0.0300. The van der Waals surface area contributed by atoms with E-state index in [0.29, 0.717) is 0 Å². The van der Waals surface area contributed by atoms with Crippen LogP contribution in [-0.2, 0) is 10.1 Å². The Labute approximate surface area is 81.1 Å². The van der Waals surface area contributed by atoms with Gasteiger partial charge in [-0.1, -0.05) is 10.1 Å². The van der Waals surface area contributed by atoms with Crippen molar-refractivity contribution >= 4 is 10.1 Å². The van der Waals surface area contributed by atoms with Gasteiger partial charge < -0.3 is 10.2 Å². The Morgan fingerprint density at radius 2 is 1.23 bits per heavy atom. The van der Waals surface area contributed by atoms with Gasteiger partial charge in [0.1, 0.15) is 11.4 Å². The van der Waals surface area contributed by atoms with Crippen molar-refractivity contribution in [2.45, 2.75) is 39.1 Å². The average Bonchev–Trinajstić information content (AvgIpc) is 1.44. The van der Waals surface area contributed by atoms with E-state index >= 15 is 0 Å². The second-order valence-corrected chi connectivity index (χ2v) is 7.58. The van der Waals surface area contributed by atoms with Crippen LogP contribution in [0.25, 0.3) is 0 Å². The van der Waals surface area contributed by atoms with Gasteiger partial charge in [0.05, 0.1) is 0 Å². The van der Waals surface area contributed by atoms with Crippen molar-refractivity contribution < 1.29 is 14.4 Å². The molecule has 0 radical (unpaired) electrons. The second-order valence-electron chi connectivity index (χ2n) is 4.59. The number of thiol groups is 1. The molecule has 0 spiro atoms. The quantitative estimate of drug-likeness (QED) is 0.452. The molecule has 0 saturated heterocycles. The van der Waals surface area contributed by atoms with Gasteiger partial charge in [-0.2, -0.15) is 4.31 Å². The summed E-state index contributed by atoms with van der Waals surface area (Å²) < 4.78 is 13.0. The van der Waals surface area contributed by atoms with Crippen molar-refractivity contribution in [1.29, 1.82) is 0 Å². The van der Waals surface area contributed by atoms with Crippen LogP contribution in [0.1, 0.15) is 27.7 Å². The van der Waals surface area contributed by atoms with Crippen LogP contribution in [0, 0.1) is 0 Å². The first kappa shape index (κ1) is 13.0. The van der Waals surface area contributed by atoms with Gasteiger partial charge in [0.15, 0.2) is 0 Å². The molecule has 82 valence electrons. The highest BCUT2D eigenvalue weighted by molar-refractivity contribution is 7.99. The Balaban J connectivity index is 5.15. The molecule has 13 heavy (non-hydrogen) atoms. The van der Waals surface area contributed by atoms with Crippen molar-refractivity contribution in [3.8, 4) is 0 Å². The van der Waals surface area contributed by atoms with Crippen LogP contribution < -0.4 is 0 Å². The third-order valence-electron chi connectivity index (χ3n) is 1.52. The summed E-state index contributed by atoms with van der Waals surface area (Å²) in [6.45, 7) is 6.02. The fourth-order valence-corrected chi connectivity index (χ4v) is 4.21. The van der Waals surface area contributed by atoms with Crippen molar-refractivity contribution in [3.05, 3.63) is 0 Å². The van der Waals surface area contributed by atoms with Gasteiger partial charge in [-0.15, -0.1) is 0 Å². The normalized spacial score (nSPS) is 16.4. The van der Waals surface area contributed by atoms with Crippen molar-refractivity contribution in [2.75, 3.05) is 12.5 Å². The highest BCUT2D eigenvalue weighted by Gasteiger charge is 2.39. The first-order valence-electron chi connectivity index (χ1n) is 4.17. The summed E-state index contributed by atoms with van der Waals surface area (Å²) in [5.41, 5.74) is -2.59. The molecule has 0 aromatic carbocycles.